The summed E-state index contributed by atoms with van der Waals surface area (Å²) in [5, 5.41) is 0. The van der Waals surface area contributed by atoms with Crippen molar-refractivity contribution >= 4 is 0 Å². The van der Waals surface area contributed by atoms with E-state index in [9.17, 15) is 0 Å². The van der Waals surface area contributed by atoms with E-state index in [0.717, 1.165) is 12.5 Å². The molecule has 0 bridgehead atoms. The lowest BCUT2D eigenvalue weighted by Gasteiger charge is -2.37. The van der Waals surface area contributed by atoms with Crippen LogP contribution in [0.5, 0.6) is 0 Å². The van der Waals surface area contributed by atoms with Crippen LogP contribution in [-0.4, -0.2) is 12.2 Å². The molecule has 2 rings (SSSR count). The van der Waals surface area contributed by atoms with Crippen LogP contribution in [0.25, 0.3) is 0 Å². The molecular formula is C12H20O. The maximum atomic E-state index is 5.98. The summed E-state index contributed by atoms with van der Waals surface area (Å²) in [5.41, 5.74) is 3.39. The van der Waals surface area contributed by atoms with Gasteiger partial charge in [-0.05, 0) is 45.4 Å². The lowest BCUT2D eigenvalue weighted by Crippen LogP contribution is -2.36. The lowest BCUT2D eigenvalue weighted by atomic mass is 9.75. The summed E-state index contributed by atoms with van der Waals surface area (Å²) >= 11 is 0. The zero-order valence-corrected chi connectivity index (χ0v) is 9.02. The first-order valence-electron chi connectivity index (χ1n) is 5.43. The van der Waals surface area contributed by atoms with Gasteiger partial charge in [0, 0.05) is 6.61 Å². The maximum absolute atomic E-state index is 5.98. The first kappa shape index (κ1) is 9.26. The molecule has 1 saturated heterocycles. The molecule has 1 fully saturated rings. The summed E-state index contributed by atoms with van der Waals surface area (Å²) in [4.78, 5) is 0. The second kappa shape index (κ2) is 3.13. The first-order chi connectivity index (χ1) is 6.14. The standard InChI is InChI=1S/C12H20O/c1-9-4-6-12(8-10(9)2)11(3)5-7-13-12/h11H,4-8H2,1-3H3. The summed E-state index contributed by atoms with van der Waals surface area (Å²) in [7, 11) is 0. The topological polar surface area (TPSA) is 9.23 Å². The predicted molar refractivity (Wildman–Crippen MR) is 54.7 cm³/mol. The fourth-order valence-corrected chi connectivity index (χ4v) is 2.69. The van der Waals surface area contributed by atoms with E-state index in [4.69, 9.17) is 4.74 Å². The van der Waals surface area contributed by atoms with Crippen molar-refractivity contribution in [1.82, 2.24) is 0 Å². The summed E-state index contributed by atoms with van der Waals surface area (Å²) in [6.45, 7) is 7.86. The van der Waals surface area contributed by atoms with E-state index in [2.05, 4.69) is 20.8 Å². The molecular weight excluding hydrogens is 160 g/mol. The zero-order valence-electron chi connectivity index (χ0n) is 9.02. The predicted octanol–water partition coefficient (Wildman–Crippen LogP) is 3.30. The maximum Gasteiger partial charge on any atom is 0.0748 e. The Labute approximate surface area is 81.2 Å². The number of rotatable bonds is 0. The largest absolute Gasteiger partial charge is 0.374 e. The molecule has 1 heteroatoms. The van der Waals surface area contributed by atoms with Gasteiger partial charge in [-0.3, -0.25) is 0 Å². The Morgan fingerprint density at radius 2 is 2.08 bits per heavy atom. The molecule has 0 aromatic carbocycles. The summed E-state index contributed by atoms with van der Waals surface area (Å²) in [5.74, 6) is 0.760. The van der Waals surface area contributed by atoms with E-state index in [1.807, 2.05) is 0 Å². The first-order valence-corrected chi connectivity index (χ1v) is 5.43. The number of hydrogen-bond acceptors (Lipinski definition) is 1. The van der Waals surface area contributed by atoms with Crippen LogP contribution in [0.3, 0.4) is 0 Å². The second-order valence-corrected chi connectivity index (χ2v) is 4.84. The monoisotopic (exact) mass is 180 g/mol. The van der Waals surface area contributed by atoms with Crippen molar-refractivity contribution in [2.75, 3.05) is 6.61 Å². The van der Waals surface area contributed by atoms with Crippen LogP contribution < -0.4 is 0 Å². The molecule has 0 N–H and O–H groups in total. The Kier molecular flexibility index (Phi) is 2.23. The van der Waals surface area contributed by atoms with E-state index < -0.39 is 0 Å². The Morgan fingerprint density at radius 1 is 1.31 bits per heavy atom. The van der Waals surface area contributed by atoms with Crippen molar-refractivity contribution in [2.24, 2.45) is 5.92 Å². The summed E-state index contributed by atoms with van der Waals surface area (Å²) in [6.07, 6.45) is 4.93. The molecule has 2 aliphatic rings. The molecule has 1 spiro atoms. The molecule has 1 aliphatic carbocycles. The van der Waals surface area contributed by atoms with Crippen LogP contribution in [0.2, 0.25) is 0 Å². The van der Waals surface area contributed by atoms with Gasteiger partial charge in [-0.1, -0.05) is 18.1 Å². The molecule has 2 atom stereocenters. The molecule has 0 radical (unpaired) electrons. The third-order valence-corrected chi connectivity index (χ3v) is 4.05. The number of hydrogen-bond donors (Lipinski definition) is 0. The van der Waals surface area contributed by atoms with Crippen LogP contribution in [0, 0.1) is 5.92 Å². The van der Waals surface area contributed by atoms with E-state index in [1.165, 1.54) is 25.7 Å². The minimum atomic E-state index is 0.226. The molecule has 1 nitrogen and oxygen atoms in total. The molecule has 0 amide bonds. The Hall–Kier alpha value is -0.300. The van der Waals surface area contributed by atoms with Crippen molar-refractivity contribution < 1.29 is 4.74 Å². The van der Waals surface area contributed by atoms with Crippen molar-refractivity contribution in [3.05, 3.63) is 11.1 Å². The number of allylic oxidation sites excluding steroid dienone is 1. The van der Waals surface area contributed by atoms with Gasteiger partial charge in [0.25, 0.3) is 0 Å². The highest BCUT2D eigenvalue weighted by Gasteiger charge is 2.42. The van der Waals surface area contributed by atoms with Crippen LogP contribution in [0.4, 0.5) is 0 Å². The summed E-state index contributed by atoms with van der Waals surface area (Å²) < 4.78 is 5.98. The Balaban J connectivity index is 2.19. The molecule has 0 aromatic heterocycles. The van der Waals surface area contributed by atoms with Gasteiger partial charge in [-0.25, -0.2) is 0 Å². The van der Waals surface area contributed by atoms with Crippen LogP contribution in [0.1, 0.15) is 46.5 Å². The van der Waals surface area contributed by atoms with Crippen LogP contribution >= 0.6 is 0 Å². The smallest absolute Gasteiger partial charge is 0.0748 e. The van der Waals surface area contributed by atoms with Crippen molar-refractivity contribution in [3.8, 4) is 0 Å². The summed E-state index contributed by atoms with van der Waals surface area (Å²) in [6, 6.07) is 0. The van der Waals surface area contributed by atoms with E-state index in [0.29, 0.717) is 0 Å². The van der Waals surface area contributed by atoms with E-state index in [1.54, 1.807) is 11.1 Å². The van der Waals surface area contributed by atoms with Gasteiger partial charge in [0.05, 0.1) is 5.60 Å². The highest BCUT2D eigenvalue weighted by molar-refractivity contribution is 5.19. The van der Waals surface area contributed by atoms with Gasteiger partial charge < -0.3 is 4.74 Å². The van der Waals surface area contributed by atoms with Gasteiger partial charge in [-0.15, -0.1) is 0 Å². The van der Waals surface area contributed by atoms with E-state index >= 15 is 0 Å². The average molecular weight is 180 g/mol. The zero-order chi connectivity index (χ0) is 9.47. The van der Waals surface area contributed by atoms with Crippen molar-refractivity contribution in [2.45, 2.75) is 52.1 Å². The fourth-order valence-electron chi connectivity index (χ4n) is 2.69. The second-order valence-electron chi connectivity index (χ2n) is 4.84. The third-order valence-electron chi connectivity index (χ3n) is 4.05. The normalized spacial score (nSPS) is 40.4. The lowest BCUT2D eigenvalue weighted by molar-refractivity contribution is -0.0283. The fraction of sp³-hybridized carbons (Fsp3) is 0.833. The quantitative estimate of drug-likeness (QED) is 0.520. The van der Waals surface area contributed by atoms with Crippen molar-refractivity contribution in [3.63, 3.8) is 0 Å². The minimum Gasteiger partial charge on any atom is -0.374 e. The molecule has 1 aliphatic heterocycles. The van der Waals surface area contributed by atoms with E-state index in [-0.39, 0.29) is 5.60 Å². The molecule has 13 heavy (non-hydrogen) atoms. The molecule has 0 aromatic rings. The molecule has 74 valence electrons. The Bertz CT molecular complexity index is 242. The van der Waals surface area contributed by atoms with Gasteiger partial charge >= 0.3 is 0 Å². The highest BCUT2D eigenvalue weighted by Crippen LogP contribution is 2.44. The average Bonchev–Trinajstić information content (AvgIpc) is 2.42. The highest BCUT2D eigenvalue weighted by atomic mass is 16.5. The van der Waals surface area contributed by atoms with Gasteiger partial charge in [-0.2, -0.15) is 0 Å². The molecule has 1 heterocycles. The van der Waals surface area contributed by atoms with Crippen molar-refractivity contribution in [1.29, 1.82) is 0 Å². The van der Waals surface area contributed by atoms with Gasteiger partial charge in [0.1, 0.15) is 0 Å². The molecule has 2 unspecified atom stereocenters. The van der Waals surface area contributed by atoms with Crippen LogP contribution in [-0.2, 0) is 4.74 Å². The Morgan fingerprint density at radius 3 is 2.62 bits per heavy atom. The van der Waals surface area contributed by atoms with Gasteiger partial charge in [0.2, 0.25) is 0 Å². The third kappa shape index (κ3) is 1.43. The SMILES string of the molecule is CC1=C(C)CC2(CC1)OCCC2C. The van der Waals surface area contributed by atoms with Gasteiger partial charge in [0.15, 0.2) is 0 Å². The molecule has 0 saturated carbocycles. The minimum absolute atomic E-state index is 0.226. The number of ether oxygens (including phenoxy) is 1. The van der Waals surface area contributed by atoms with Crippen LogP contribution in [0.15, 0.2) is 11.1 Å².